The third-order valence-electron chi connectivity index (χ3n) is 8.58. The van der Waals surface area contributed by atoms with Crippen LogP contribution in [0.2, 0.25) is 0 Å². The molecule has 7 aromatic carbocycles. The summed E-state index contributed by atoms with van der Waals surface area (Å²) in [5.74, 6) is 0.920. The second-order valence-corrected chi connectivity index (χ2v) is 12.3. The van der Waals surface area contributed by atoms with Crippen molar-refractivity contribution in [3.05, 3.63) is 168 Å². The van der Waals surface area contributed by atoms with Crippen LogP contribution in [0.25, 0.3) is 43.4 Å². The molecular weight excluding hydrogens is 535 g/mol. The van der Waals surface area contributed by atoms with E-state index in [9.17, 15) is 0 Å². The molecule has 0 amide bonds. The minimum Gasteiger partial charge on any atom is -0.161 e. The predicted octanol–water partition coefficient (Wildman–Crippen LogP) is 9.58. The van der Waals surface area contributed by atoms with Gasteiger partial charge in [-0.25, -0.2) is 0 Å². The van der Waals surface area contributed by atoms with Crippen LogP contribution < -0.4 is 10.9 Å². The molecule has 2 heteroatoms. The Balaban J connectivity index is 1.58. The Bertz CT molecular complexity index is 2030. The van der Waals surface area contributed by atoms with Gasteiger partial charge in [0.05, 0.1) is 0 Å². The van der Waals surface area contributed by atoms with E-state index in [4.69, 9.17) is 0 Å². The van der Waals surface area contributed by atoms with Gasteiger partial charge in [0.1, 0.15) is 0 Å². The number of hydrogen-bond acceptors (Lipinski definition) is 1. The maximum absolute atomic E-state index is 2.40. The van der Waals surface area contributed by atoms with Crippen LogP contribution in [0.5, 0.6) is 0 Å². The topological polar surface area (TPSA) is 0 Å². The molecular formula is C41H33BS. The highest BCUT2D eigenvalue weighted by Gasteiger charge is 2.29. The van der Waals surface area contributed by atoms with Gasteiger partial charge in [0.2, 0.25) is 6.71 Å². The van der Waals surface area contributed by atoms with Crippen molar-refractivity contribution in [1.82, 2.24) is 0 Å². The molecule has 0 aliphatic heterocycles. The first-order chi connectivity index (χ1) is 21.2. The molecule has 7 aromatic rings. The fourth-order valence-corrected chi connectivity index (χ4v) is 7.00. The summed E-state index contributed by atoms with van der Waals surface area (Å²) >= 11 is 1.89. The van der Waals surface area contributed by atoms with Crippen molar-refractivity contribution >= 4 is 72.8 Å². The second-order valence-electron chi connectivity index (χ2n) is 11.4. The number of benzene rings is 7. The van der Waals surface area contributed by atoms with E-state index in [0.717, 1.165) is 5.75 Å². The summed E-state index contributed by atoms with van der Waals surface area (Å²) in [5, 5.41) is 7.60. The van der Waals surface area contributed by atoms with Crippen LogP contribution in [0.3, 0.4) is 0 Å². The molecule has 0 aromatic heterocycles. The summed E-state index contributed by atoms with van der Waals surface area (Å²) in [4.78, 5) is 0. The third-order valence-corrected chi connectivity index (χ3v) is 9.15. The lowest BCUT2D eigenvalue weighted by Crippen LogP contribution is -2.44. The predicted molar refractivity (Wildman–Crippen MR) is 193 cm³/mol. The molecule has 43 heavy (non-hydrogen) atoms. The van der Waals surface area contributed by atoms with Crippen molar-refractivity contribution in [2.75, 3.05) is 12.0 Å². The highest BCUT2D eigenvalue weighted by atomic mass is 32.2. The van der Waals surface area contributed by atoms with Crippen LogP contribution in [0.15, 0.2) is 152 Å². The van der Waals surface area contributed by atoms with Gasteiger partial charge in [0.25, 0.3) is 0 Å². The summed E-state index contributed by atoms with van der Waals surface area (Å²) in [5.41, 5.74) is 9.21. The van der Waals surface area contributed by atoms with Crippen molar-refractivity contribution in [1.29, 1.82) is 0 Å². The van der Waals surface area contributed by atoms with Crippen molar-refractivity contribution in [2.45, 2.75) is 6.92 Å². The Labute approximate surface area is 259 Å². The van der Waals surface area contributed by atoms with Gasteiger partial charge in [-0.1, -0.05) is 168 Å². The smallest absolute Gasteiger partial charge is 0.161 e. The van der Waals surface area contributed by atoms with Gasteiger partial charge in [-0.3, -0.25) is 0 Å². The summed E-state index contributed by atoms with van der Waals surface area (Å²) in [6, 6.07) is 56.3. The maximum Gasteiger partial charge on any atom is 0.242 e. The minimum atomic E-state index is 0.0406. The SMILES string of the molecule is CSC/C(=C(\B(c1ccc2ccccc2c1)c1ccc2ccccc2c1)c1ccc2ccccc2c1)c1ccc(C)cc1. The number of fused-ring (bicyclic) bond motifs is 3. The van der Waals surface area contributed by atoms with Gasteiger partial charge in [0.15, 0.2) is 0 Å². The van der Waals surface area contributed by atoms with Gasteiger partial charge in [0, 0.05) is 5.75 Å². The quantitative estimate of drug-likeness (QED) is 0.136. The lowest BCUT2D eigenvalue weighted by molar-refractivity contribution is 1.45. The Morgan fingerprint density at radius 1 is 0.488 bits per heavy atom. The monoisotopic (exact) mass is 568 g/mol. The first-order valence-electron chi connectivity index (χ1n) is 14.9. The zero-order valence-electron chi connectivity index (χ0n) is 24.6. The van der Waals surface area contributed by atoms with E-state index in [1.54, 1.807) is 0 Å². The van der Waals surface area contributed by atoms with Crippen molar-refractivity contribution in [2.24, 2.45) is 0 Å². The summed E-state index contributed by atoms with van der Waals surface area (Å²) in [6.07, 6.45) is 2.22. The Morgan fingerprint density at radius 3 is 1.44 bits per heavy atom. The van der Waals surface area contributed by atoms with Gasteiger partial charge < -0.3 is 0 Å². The number of aryl methyl sites for hydroxylation is 1. The van der Waals surface area contributed by atoms with E-state index in [1.807, 2.05) is 11.8 Å². The molecule has 0 saturated heterocycles. The maximum atomic E-state index is 2.40. The number of hydrogen-bond donors (Lipinski definition) is 0. The van der Waals surface area contributed by atoms with E-state index >= 15 is 0 Å². The summed E-state index contributed by atoms with van der Waals surface area (Å²) in [6.45, 7) is 2.21. The molecule has 0 spiro atoms. The van der Waals surface area contributed by atoms with Crippen molar-refractivity contribution in [3.63, 3.8) is 0 Å². The Kier molecular flexibility index (Phi) is 7.62. The third kappa shape index (κ3) is 5.51. The number of thioether (sulfide) groups is 1. The van der Waals surface area contributed by atoms with Gasteiger partial charge >= 0.3 is 0 Å². The Hall–Kier alpha value is -4.53. The lowest BCUT2D eigenvalue weighted by Gasteiger charge is -2.25. The van der Waals surface area contributed by atoms with Crippen LogP contribution in [-0.2, 0) is 0 Å². The van der Waals surface area contributed by atoms with E-state index in [-0.39, 0.29) is 6.71 Å². The molecule has 0 radical (unpaired) electrons. The standard InChI is InChI=1S/C41H33BS/c1-29-15-17-33(18-16-29)40(28-43-2)41(37-20-19-30-9-3-6-12-34(30)25-37)42(38-23-21-31-10-4-7-13-35(31)26-38)39-24-22-32-11-5-8-14-36(32)27-39/h3-27H,28H2,1-2H3/b41-40+. The van der Waals surface area contributed by atoms with Crippen molar-refractivity contribution in [3.8, 4) is 0 Å². The first kappa shape index (κ1) is 27.3. The van der Waals surface area contributed by atoms with Gasteiger partial charge in [-0.05, 0) is 68.3 Å². The fourth-order valence-electron chi connectivity index (χ4n) is 6.39. The largest absolute Gasteiger partial charge is 0.242 e. The molecule has 0 bridgehead atoms. The summed E-state index contributed by atoms with van der Waals surface area (Å²) in [7, 11) is 0. The first-order valence-corrected chi connectivity index (χ1v) is 16.3. The van der Waals surface area contributed by atoms with E-state index in [0.29, 0.717) is 0 Å². The molecule has 0 N–H and O–H groups in total. The second kappa shape index (κ2) is 12.0. The molecule has 0 fully saturated rings. The van der Waals surface area contributed by atoms with E-state index < -0.39 is 0 Å². The van der Waals surface area contributed by atoms with Crippen molar-refractivity contribution < 1.29 is 0 Å². The van der Waals surface area contributed by atoms with Crippen LogP contribution in [0.4, 0.5) is 0 Å². The van der Waals surface area contributed by atoms with Crippen LogP contribution >= 0.6 is 11.8 Å². The highest BCUT2D eigenvalue weighted by Crippen LogP contribution is 2.33. The Morgan fingerprint density at radius 2 is 0.930 bits per heavy atom. The van der Waals surface area contributed by atoms with E-state index in [1.165, 1.54) is 71.0 Å². The fraction of sp³-hybridized carbons (Fsp3) is 0.0732. The molecule has 7 rings (SSSR count). The molecule has 0 aliphatic rings. The van der Waals surface area contributed by atoms with Crippen LogP contribution in [0.1, 0.15) is 16.7 Å². The minimum absolute atomic E-state index is 0.0406. The van der Waals surface area contributed by atoms with Gasteiger partial charge in [-0.2, -0.15) is 11.8 Å². The molecule has 0 aliphatic carbocycles. The number of rotatable bonds is 7. The molecule has 206 valence electrons. The molecule has 0 saturated carbocycles. The van der Waals surface area contributed by atoms with E-state index in [2.05, 4.69) is 165 Å². The summed E-state index contributed by atoms with van der Waals surface area (Å²) < 4.78 is 0. The average Bonchev–Trinajstić information content (AvgIpc) is 3.06. The normalized spacial score (nSPS) is 12.0. The van der Waals surface area contributed by atoms with Crippen LogP contribution in [0, 0.1) is 6.92 Å². The lowest BCUT2D eigenvalue weighted by atomic mass is 9.34. The van der Waals surface area contributed by atoms with Gasteiger partial charge in [-0.15, -0.1) is 0 Å². The molecule has 0 atom stereocenters. The zero-order valence-corrected chi connectivity index (χ0v) is 25.4. The average molecular weight is 569 g/mol. The molecule has 0 heterocycles. The zero-order chi connectivity index (χ0) is 29.2. The molecule has 0 unspecified atom stereocenters. The molecule has 0 nitrogen and oxygen atoms in total. The highest BCUT2D eigenvalue weighted by molar-refractivity contribution is 7.99. The van der Waals surface area contributed by atoms with Crippen LogP contribution in [-0.4, -0.2) is 18.7 Å².